The monoisotopic (exact) mass is 402 g/mol. The predicted molar refractivity (Wildman–Crippen MR) is 99.5 cm³/mol. The number of hydrogen-bond donors (Lipinski definition) is 1. The van der Waals surface area contributed by atoms with Crippen molar-refractivity contribution in [2.75, 3.05) is 0 Å². The van der Waals surface area contributed by atoms with Gasteiger partial charge in [-0.1, -0.05) is 11.6 Å². The molecule has 0 bridgehead atoms. The lowest BCUT2D eigenvalue weighted by Crippen LogP contribution is -1.97. The molecule has 0 spiro atoms. The highest BCUT2D eigenvalue weighted by atomic mass is 35.5. The molecule has 0 radical (unpaired) electrons. The average molecular weight is 403 g/mol. The first kappa shape index (κ1) is 18.1. The van der Waals surface area contributed by atoms with E-state index in [1.165, 1.54) is 28.8 Å². The number of pyridine rings is 1. The van der Waals surface area contributed by atoms with Crippen LogP contribution >= 0.6 is 11.6 Å². The van der Waals surface area contributed by atoms with Gasteiger partial charge in [-0.15, -0.1) is 0 Å². The summed E-state index contributed by atoms with van der Waals surface area (Å²) < 4.78 is 31.9. The van der Waals surface area contributed by atoms with Crippen LogP contribution in [0.2, 0.25) is 5.15 Å². The number of carbonyl (C=O) groups is 1. The second-order valence-electron chi connectivity index (χ2n) is 6.31. The second kappa shape index (κ2) is 6.42. The summed E-state index contributed by atoms with van der Waals surface area (Å²) in [5, 5.41) is 13.5. The van der Waals surface area contributed by atoms with Gasteiger partial charge in [-0.3, -0.25) is 9.08 Å². The van der Waals surface area contributed by atoms with Gasteiger partial charge in [0.2, 0.25) is 0 Å². The van der Waals surface area contributed by atoms with Gasteiger partial charge in [-0.2, -0.15) is 5.10 Å². The molecule has 0 saturated heterocycles. The van der Waals surface area contributed by atoms with Gasteiger partial charge in [-0.05, 0) is 25.1 Å². The lowest BCUT2D eigenvalue weighted by molar-refractivity contribution is 0.0697. The van der Waals surface area contributed by atoms with E-state index in [1.54, 1.807) is 24.9 Å². The molecular weight excluding hydrogens is 390 g/mol. The Labute approximate surface area is 162 Å². The van der Waals surface area contributed by atoms with Crippen LogP contribution in [0, 0.1) is 18.6 Å². The van der Waals surface area contributed by atoms with Crippen LogP contribution in [0.1, 0.15) is 16.1 Å². The molecule has 0 atom stereocenters. The second-order valence-corrected chi connectivity index (χ2v) is 6.67. The summed E-state index contributed by atoms with van der Waals surface area (Å²) in [6, 6.07) is 4.65. The lowest BCUT2D eigenvalue weighted by atomic mass is 9.97. The Kier molecular flexibility index (Phi) is 4.15. The first-order valence-corrected chi connectivity index (χ1v) is 8.55. The van der Waals surface area contributed by atoms with Gasteiger partial charge in [0, 0.05) is 42.2 Å². The third-order valence-corrected chi connectivity index (χ3v) is 4.77. The molecule has 4 aromatic rings. The van der Waals surface area contributed by atoms with E-state index in [2.05, 4.69) is 10.1 Å². The fourth-order valence-corrected chi connectivity index (χ4v) is 3.48. The van der Waals surface area contributed by atoms with E-state index in [1.807, 2.05) is 0 Å². The summed E-state index contributed by atoms with van der Waals surface area (Å²) in [6.07, 6.45) is 3.09. The van der Waals surface area contributed by atoms with Crippen molar-refractivity contribution in [1.29, 1.82) is 0 Å². The number of rotatable bonds is 3. The molecule has 4 rings (SSSR count). The summed E-state index contributed by atoms with van der Waals surface area (Å²) in [4.78, 5) is 15.5. The van der Waals surface area contributed by atoms with Crippen molar-refractivity contribution >= 4 is 23.2 Å². The number of hydrogen-bond acceptors (Lipinski definition) is 3. The van der Waals surface area contributed by atoms with E-state index in [4.69, 9.17) is 16.7 Å². The normalized spacial score (nSPS) is 11.3. The summed E-state index contributed by atoms with van der Waals surface area (Å²) in [5.74, 6) is -2.70. The van der Waals surface area contributed by atoms with Gasteiger partial charge in [0.25, 0.3) is 0 Å². The molecule has 1 N–H and O–H groups in total. The summed E-state index contributed by atoms with van der Waals surface area (Å²) in [7, 11) is 1.71. The first-order valence-electron chi connectivity index (χ1n) is 8.17. The smallest absolute Gasteiger partial charge is 0.335 e. The Morgan fingerprint density at radius 3 is 2.61 bits per heavy atom. The van der Waals surface area contributed by atoms with Crippen LogP contribution in [0.15, 0.2) is 36.7 Å². The first-order chi connectivity index (χ1) is 13.3. The van der Waals surface area contributed by atoms with Gasteiger partial charge in [0.15, 0.2) is 0 Å². The summed E-state index contributed by atoms with van der Waals surface area (Å²) in [5.41, 5.74) is 1.73. The molecule has 0 aliphatic heterocycles. The molecule has 0 unspecified atom stereocenters. The molecule has 0 aliphatic rings. The molecular formula is C19H13ClF2N4O2. The van der Waals surface area contributed by atoms with E-state index in [-0.39, 0.29) is 33.2 Å². The fraction of sp³-hybridized carbons (Fsp3) is 0.105. The maximum Gasteiger partial charge on any atom is 0.335 e. The maximum absolute atomic E-state index is 14.9. The SMILES string of the molecule is Cc1nn(C)cc1-c1cc(F)cc(F)c1-c1nc2cc(C(=O)O)ccn2c1Cl. The van der Waals surface area contributed by atoms with Crippen molar-refractivity contribution < 1.29 is 18.7 Å². The number of aromatic carboxylic acids is 1. The summed E-state index contributed by atoms with van der Waals surface area (Å²) in [6.45, 7) is 1.73. The number of fused-ring (bicyclic) bond motifs is 1. The van der Waals surface area contributed by atoms with Gasteiger partial charge < -0.3 is 5.11 Å². The number of carboxylic acids is 1. The molecule has 3 heterocycles. The van der Waals surface area contributed by atoms with Crippen LogP contribution in [-0.4, -0.2) is 30.2 Å². The van der Waals surface area contributed by atoms with Gasteiger partial charge in [-0.25, -0.2) is 18.6 Å². The Bertz CT molecular complexity index is 1260. The number of halogens is 3. The Morgan fingerprint density at radius 1 is 1.21 bits per heavy atom. The van der Waals surface area contributed by atoms with Crippen molar-refractivity contribution in [3.8, 4) is 22.4 Å². The minimum Gasteiger partial charge on any atom is -0.478 e. The van der Waals surface area contributed by atoms with E-state index in [0.717, 1.165) is 6.07 Å². The lowest BCUT2D eigenvalue weighted by Gasteiger charge is -2.09. The van der Waals surface area contributed by atoms with Gasteiger partial charge in [0.05, 0.1) is 11.3 Å². The van der Waals surface area contributed by atoms with Crippen molar-refractivity contribution in [1.82, 2.24) is 19.2 Å². The Morgan fingerprint density at radius 2 is 1.96 bits per heavy atom. The van der Waals surface area contributed by atoms with E-state index < -0.39 is 17.6 Å². The molecule has 1 aromatic carbocycles. The Balaban J connectivity index is 2.03. The predicted octanol–water partition coefficient (Wildman–Crippen LogP) is 4.34. The highest BCUT2D eigenvalue weighted by molar-refractivity contribution is 6.32. The molecule has 0 fully saturated rings. The average Bonchev–Trinajstić information content (AvgIpc) is 3.13. The number of nitrogens with zero attached hydrogens (tertiary/aromatic N) is 4. The number of aryl methyl sites for hydroxylation is 2. The van der Waals surface area contributed by atoms with E-state index >= 15 is 0 Å². The van der Waals surface area contributed by atoms with Crippen molar-refractivity contribution in [2.45, 2.75) is 6.92 Å². The van der Waals surface area contributed by atoms with Gasteiger partial charge >= 0.3 is 5.97 Å². The van der Waals surface area contributed by atoms with Crippen molar-refractivity contribution in [3.05, 3.63) is 64.7 Å². The zero-order valence-electron chi connectivity index (χ0n) is 14.7. The van der Waals surface area contributed by atoms with Crippen LogP contribution in [0.4, 0.5) is 8.78 Å². The highest BCUT2D eigenvalue weighted by Crippen LogP contribution is 2.39. The summed E-state index contributed by atoms with van der Waals surface area (Å²) >= 11 is 6.41. The maximum atomic E-state index is 14.9. The molecule has 142 valence electrons. The number of aromatic nitrogens is 4. The molecule has 0 aliphatic carbocycles. The highest BCUT2D eigenvalue weighted by Gasteiger charge is 2.23. The molecule has 9 heteroatoms. The van der Waals surface area contributed by atoms with Crippen molar-refractivity contribution in [2.24, 2.45) is 7.05 Å². The van der Waals surface area contributed by atoms with E-state index in [0.29, 0.717) is 11.3 Å². The Hall–Kier alpha value is -3.26. The molecule has 0 saturated carbocycles. The molecule has 28 heavy (non-hydrogen) atoms. The number of imidazole rings is 1. The fourth-order valence-electron chi connectivity index (χ4n) is 3.20. The van der Waals surface area contributed by atoms with Crippen LogP contribution in [-0.2, 0) is 7.05 Å². The minimum atomic E-state index is -1.12. The van der Waals surface area contributed by atoms with E-state index in [9.17, 15) is 13.6 Å². The van der Waals surface area contributed by atoms with Crippen LogP contribution in [0.5, 0.6) is 0 Å². The molecule has 3 aromatic heterocycles. The minimum absolute atomic E-state index is 0.0167. The number of carboxylic acid groups (broad SMARTS) is 1. The zero-order valence-corrected chi connectivity index (χ0v) is 15.5. The van der Waals surface area contributed by atoms with Crippen LogP contribution in [0.25, 0.3) is 28.0 Å². The zero-order chi connectivity index (χ0) is 20.2. The van der Waals surface area contributed by atoms with Crippen molar-refractivity contribution in [3.63, 3.8) is 0 Å². The molecule has 6 nitrogen and oxygen atoms in total. The topological polar surface area (TPSA) is 72.4 Å². The van der Waals surface area contributed by atoms with Crippen LogP contribution < -0.4 is 0 Å². The largest absolute Gasteiger partial charge is 0.478 e. The third-order valence-electron chi connectivity index (χ3n) is 4.41. The standard InChI is InChI=1S/C19H13ClF2N4O2/c1-9-13(8-25(2)24-9)12-6-11(21)7-14(22)16(12)17-18(20)26-4-3-10(19(27)28)5-15(26)23-17/h3-8H,1-2H3,(H,27,28). The number of benzene rings is 1. The third kappa shape index (κ3) is 2.82. The van der Waals surface area contributed by atoms with Gasteiger partial charge in [0.1, 0.15) is 28.1 Å². The van der Waals surface area contributed by atoms with Crippen LogP contribution in [0.3, 0.4) is 0 Å². The molecule has 0 amide bonds. The quantitative estimate of drug-likeness (QED) is 0.553.